The van der Waals surface area contributed by atoms with Crippen molar-refractivity contribution in [2.24, 2.45) is 0 Å². The summed E-state index contributed by atoms with van der Waals surface area (Å²) in [5, 5.41) is 6.45. The van der Waals surface area contributed by atoms with Crippen molar-refractivity contribution in [2.45, 2.75) is 25.7 Å². The van der Waals surface area contributed by atoms with Gasteiger partial charge in [-0.2, -0.15) is 0 Å². The van der Waals surface area contributed by atoms with Crippen LogP contribution in [0.4, 0.5) is 0 Å². The molecule has 0 saturated carbocycles. The second-order valence-corrected chi connectivity index (χ2v) is 41.9. The van der Waals surface area contributed by atoms with Crippen LogP contribution in [0.1, 0.15) is 25.7 Å². The van der Waals surface area contributed by atoms with Gasteiger partial charge >= 0.3 is 230 Å². The van der Waals surface area contributed by atoms with Crippen LogP contribution < -0.4 is 21.2 Å². The van der Waals surface area contributed by atoms with Gasteiger partial charge in [0.05, 0.1) is 0 Å². The van der Waals surface area contributed by atoms with E-state index in [0.717, 1.165) is 0 Å². The van der Waals surface area contributed by atoms with E-state index < -0.39 is 26.5 Å². The van der Waals surface area contributed by atoms with E-state index in [1.165, 1.54) is 25.7 Å². The van der Waals surface area contributed by atoms with Crippen LogP contribution >= 0.6 is 11.0 Å². The van der Waals surface area contributed by atoms with Gasteiger partial charge in [-0.1, -0.05) is 0 Å². The predicted molar refractivity (Wildman–Crippen MR) is 168 cm³/mol. The Hall–Kier alpha value is -2.13. The van der Waals surface area contributed by atoms with Gasteiger partial charge in [0.2, 0.25) is 0 Å². The van der Waals surface area contributed by atoms with E-state index >= 15 is 0 Å². The van der Waals surface area contributed by atoms with Crippen molar-refractivity contribution >= 4 is 32.2 Å². The van der Waals surface area contributed by atoms with Crippen LogP contribution in [0.15, 0.2) is 144 Å². The predicted octanol–water partition coefficient (Wildman–Crippen LogP) is 7.51. The van der Waals surface area contributed by atoms with Crippen LogP contribution in [0.3, 0.4) is 0 Å². The fourth-order valence-corrected chi connectivity index (χ4v) is 71.2. The topological polar surface area (TPSA) is 0 Å². The maximum absolute atomic E-state index is 2.74. The Balaban J connectivity index is 1.86. The number of hydrogen-bond donors (Lipinski definition) is 0. The molecule has 0 radical (unpaired) electrons. The van der Waals surface area contributed by atoms with Crippen LogP contribution in [0.2, 0.25) is 0 Å². The van der Waals surface area contributed by atoms with Crippen LogP contribution in [0.5, 0.6) is 0 Å². The summed E-state index contributed by atoms with van der Waals surface area (Å²) in [6.07, 6.45) is 12.3. The van der Waals surface area contributed by atoms with Gasteiger partial charge < -0.3 is 0 Å². The van der Waals surface area contributed by atoms with E-state index in [4.69, 9.17) is 0 Å². The molecule has 0 aromatic heterocycles. The first-order chi connectivity index (χ1) is 18.1. The Morgan fingerprint density at radius 1 is 0.459 bits per heavy atom. The quantitative estimate of drug-likeness (QED) is 0.138. The molecule has 4 aromatic carbocycles. The third-order valence-electron chi connectivity index (χ3n) is 7.49. The molecule has 3 heteroatoms. The van der Waals surface area contributed by atoms with Crippen molar-refractivity contribution in [3.05, 3.63) is 144 Å². The monoisotopic (exact) mass is 702 g/mol. The molecule has 0 amide bonds. The van der Waals surface area contributed by atoms with Gasteiger partial charge in [-0.3, -0.25) is 0 Å². The number of hydrogen-bond acceptors (Lipinski definition) is 0. The molecule has 1 aliphatic rings. The van der Waals surface area contributed by atoms with Gasteiger partial charge in [0.25, 0.3) is 0 Å². The second-order valence-electron chi connectivity index (χ2n) is 9.84. The number of rotatable bonds is 7. The summed E-state index contributed by atoms with van der Waals surface area (Å²) in [4.78, 5) is 0. The molecule has 4 aromatic rings. The molecule has 194 valence electrons. The molecule has 0 atom stereocenters. The number of benzene rings is 4. The van der Waals surface area contributed by atoms with Gasteiger partial charge in [0, 0.05) is 0 Å². The van der Waals surface area contributed by atoms with E-state index in [1.807, 2.05) is 4.09 Å². The fraction of sp³-hybridized carbons (Fsp3) is 0.176. The molecule has 0 nitrogen and oxygen atoms in total. The van der Waals surface area contributed by atoms with Crippen molar-refractivity contribution < 1.29 is 15.5 Å². The standard InChI is InChI=1S/2C13H13P.C8H11.Ir/c2*1-14(12-8-4-2-5-9-12)13-10-6-3-7-11-13;1-2-4-6-8-7-5-3-1;/h2*2-11H,1H3;1-2,7H,3-6H2;/q;;;-2/p+2. The Labute approximate surface area is 229 Å². The first-order valence-electron chi connectivity index (χ1n) is 13.3. The van der Waals surface area contributed by atoms with Crippen molar-refractivity contribution in [2.75, 3.05) is 13.3 Å². The number of allylic oxidation sites excluding steroid dienone is 4. The third kappa shape index (κ3) is 5.39. The average Bonchev–Trinajstić information content (AvgIpc) is 2.96. The molecule has 0 N–H and O–H groups in total. The minimum absolute atomic E-state index is 1.17. The van der Waals surface area contributed by atoms with Crippen molar-refractivity contribution in [3.8, 4) is 0 Å². The fourth-order valence-electron chi connectivity index (χ4n) is 5.49. The molecule has 0 bridgehead atoms. The molecular formula is C34H39IrP2. The van der Waals surface area contributed by atoms with E-state index in [0.29, 0.717) is 0 Å². The van der Waals surface area contributed by atoms with Crippen molar-refractivity contribution in [1.29, 1.82) is 0 Å². The summed E-state index contributed by atoms with van der Waals surface area (Å²) >= 11 is -2.05. The minimum atomic E-state index is -2.12. The first-order valence-corrected chi connectivity index (χ1v) is 26.4. The first kappa shape index (κ1) is 26.5. The summed E-state index contributed by atoms with van der Waals surface area (Å²) in [7, 11) is 0. The summed E-state index contributed by atoms with van der Waals surface area (Å²) in [5.41, 5.74) is -4.24. The van der Waals surface area contributed by atoms with Crippen molar-refractivity contribution in [1.82, 2.24) is 0 Å². The van der Waals surface area contributed by atoms with Gasteiger partial charge in [0.15, 0.2) is 0 Å². The van der Waals surface area contributed by atoms with Crippen LogP contribution in [0.25, 0.3) is 0 Å². The van der Waals surface area contributed by atoms with E-state index in [1.54, 1.807) is 21.2 Å². The van der Waals surface area contributed by atoms with Crippen LogP contribution in [0, 0.1) is 0 Å². The maximum atomic E-state index is 2.74. The van der Waals surface area contributed by atoms with E-state index in [9.17, 15) is 0 Å². The van der Waals surface area contributed by atoms with E-state index in [-0.39, 0.29) is 0 Å². The molecule has 1 aliphatic carbocycles. The summed E-state index contributed by atoms with van der Waals surface area (Å²) in [6.45, 7) is 5.47. The molecule has 0 heterocycles. The van der Waals surface area contributed by atoms with E-state index in [2.05, 4.69) is 153 Å². The molecule has 0 unspecified atom stereocenters. The molecule has 5 rings (SSSR count). The zero-order valence-corrected chi connectivity index (χ0v) is 26.3. The van der Waals surface area contributed by atoms with Crippen LogP contribution in [-0.4, -0.2) is 13.3 Å². The summed E-state index contributed by atoms with van der Waals surface area (Å²) in [5.74, 6) is 0. The second kappa shape index (κ2) is 12.2. The zero-order valence-electron chi connectivity index (χ0n) is 21.9. The van der Waals surface area contributed by atoms with Gasteiger partial charge in [-0.05, 0) is 0 Å². The normalized spacial score (nSPS) is 15.7. The summed E-state index contributed by atoms with van der Waals surface area (Å²) in [6, 6.07) is 46.6. The Morgan fingerprint density at radius 2 is 0.811 bits per heavy atom. The Morgan fingerprint density at radius 3 is 1.19 bits per heavy atom. The molecular weight excluding hydrogens is 663 g/mol. The SMILES string of the molecule is C[PH](c1ccccc1)(c1ccccc1)[Ir]([C]1=CCCC=CCC1)[PH](C)(c1ccccc1)c1ccccc1. The molecule has 0 fully saturated rings. The van der Waals surface area contributed by atoms with Gasteiger partial charge in [-0.25, -0.2) is 0 Å². The summed E-state index contributed by atoms with van der Waals surface area (Å²) < 4.78 is 1.85. The Bertz CT molecular complexity index is 1160. The Kier molecular flexibility index (Phi) is 8.70. The molecule has 0 aliphatic heterocycles. The van der Waals surface area contributed by atoms with Gasteiger partial charge in [0.1, 0.15) is 0 Å². The molecule has 0 saturated heterocycles. The third-order valence-corrected chi connectivity index (χ3v) is 59.6. The van der Waals surface area contributed by atoms with Crippen molar-refractivity contribution in [3.63, 3.8) is 0 Å². The molecule has 0 spiro atoms. The zero-order chi connectivity index (χ0) is 25.6. The molecule has 37 heavy (non-hydrogen) atoms. The average molecular weight is 702 g/mol. The van der Waals surface area contributed by atoms with Gasteiger partial charge in [-0.15, -0.1) is 0 Å². The van der Waals surface area contributed by atoms with Crippen LogP contribution in [-0.2, 0) is 15.5 Å².